The lowest BCUT2D eigenvalue weighted by molar-refractivity contribution is -0.121. The standard InChI is InChI=1S/C21H23N3O/c1-15-19(16(2)24(3)23-15)14-20(25)22-21(17-10-6-4-7-11-17)18-12-8-5-9-13-18/h4-13,21H,14H2,1-3H3,(H,22,25). The van der Waals surface area contributed by atoms with Crippen LogP contribution in [0.25, 0.3) is 0 Å². The summed E-state index contributed by atoms with van der Waals surface area (Å²) in [7, 11) is 1.90. The van der Waals surface area contributed by atoms with E-state index in [-0.39, 0.29) is 11.9 Å². The number of aryl methyl sites for hydroxylation is 2. The third-order valence-corrected chi connectivity index (χ3v) is 4.57. The minimum absolute atomic E-state index is 0.00286. The van der Waals surface area contributed by atoms with Crippen molar-refractivity contribution in [1.82, 2.24) is 15.1 Å². The SMILES string of the molecule is Cc1nn(C)c(C)c1CC(=O)NC(c1ccccc1)c1ccccc1. The Morgan fingerprint density at radius 1 is 1.00 bits per heavy atom. The van der Waals surface area contributed by atoms with Crippen LogP contribution in [0.15, 0.2) is 60.7 Å². The second kappa shape index (κ2) is 7.34. The van der Waals surface area contributed by atoms with Gasteiger partial charge in [-0.25, -0.2) is 0 Å². The quantitative estimate of drug-likeness (QED) is 0.777. The summed E-state index contributed by atoms with van der Waals surface area (Å²) in [6, 6.07) is 19.9. The van der Waals surface area contributed by atoms with Gasteiger partial charge in [-0.15, -0.1) is 0 Å². The molecule has 128 valence electrons. The second-order valence-electron chi connectivity index (χ2n) is 6.27. The summed E-state index contributed by atoms with van der Waals surface area (Å²) in [4.78, 5) is 12.7. The van der Waals surface area contributed by atoms with Crippen LogP contribution < -0.4 is 5.32 Å². The molecule has 1 N–H and O–H groups in total. The molecule has 3 rings (SSSR count). The van der Waals surface area contributed by atoms with Gasteiger partial charge < -0.3 is 5.32 Å². The summed E-state index contributed by atoms with van der Waals surface area (Å²) in [5.74, 6) is -0.00286. The molecule has 4 nitrogen and oxygen atoms in total. The molecule has 0 spiro atoms. The zero-order chi connectivity index (χ0) is 17.8. The molecule has 0 aliphatic carbocycles. The third-order valence-electron chi connectivity index (χ3n) is 4.57. The minimum Gasteiger partial charge on any atom is -0.345 e. The van der Waals surface area contributed by atoms with Gasteiger partial charge in [0.25, 0.3) is 0 Å². The van der Waals surface area contributed by atoms with Crippen molar-refractivity contribution in [2.45, 2.75) is 26.3 Å². The van der Waals surface area contributed by atoms with Gasteiger partial charge in [-0.05, 0) is 25.0 Å². The first-order chi connectivity index (χ1) is 12.1. The van der Waals surface area contributed by atoms with E-state index in [1.807, 2.05) is 86.2 Å². The molecule has 0 unspecified atom stereocenters. The Morgan fingerprint density at radius 3 is 1.96 bits per heavy atom. The summed E-state index contributed by atoms with van der Waals surface area (Å²) in [6.45, 7) is 3.94. The summed E-state index contributed by atoms with van der Waals surface area (Å²) >= 11 is 0. The van der Waals surface area contributed by atoms with Crippen molar-refractivity contribution in [3.63, 3.8) is 0 Å². The monoisotopic (exact) mass is 333 g/mol. The number of hydrogen-bond acceptors (Lipinski definition) is 2. The predicted molar refractivity (Wildman–Crippen MR) is 99.3 cm³/mol. The van der Waals surface area contributed by atoms with Crippen molar-refractivity contribution < 1.29 is 4.79 Å². The van der Waals surface area contributed by atoms with Crippen LogP contribution in [0.1, 0.15) is 34.1 Å². The third kappa shape index (κ3) is 3.79. The Bertz CT molecular complexity index is 814. The Kier molecular flexibility index (Phi) is 4.98. The van der Waals surface area contributed by atoms with Gasteiger partial charge in [-0.3, -0.25) is 9.48 Å². The number of rotatable bonds is 5. The van der Waals surface area contributed by atoms with Crippen molar-refractivity contribution in [2.75, 3.05) is 0 Å². The maximum Gasteiger partial charge on any atom is 0.225 e. The molecule has 0 aliphatic heterocycles. The van der Waals surface area contributed by atoms with Crippen molar-refractivity contribution in [3.8, 4) is 0 Å². The maximum absolute atomic E-state index is 12.7. The van der Waals surface area contributed by atoms with E-state index in [1.165, 1.54) is 0 Å². The molecule has 25 heavy (non-hydrogen) atoms. The normalized spacial score (nSPS) is 10.9. The molecule has 1 heterocycles. The largest absolute Gasteiger partial charge is 0.345 e. The zero-order valence-corrected chi connectivity index (χ0v) is 14.9. The second-order valence-corrected chi connectivity index (χ2v) is 6.27. The van der Waals surface area contributed by atoms with Crippen molar-refractivity contribution in [2.24, 2.45) is 7.05 Å². The first-order valence-electron chi connectivity index (χ1n) is 8.44. The molecule has 4 heteroatoms. The van der Waals surface area contributed by atoms with Crippen LogP contribution in [0.2, 0.25) is 0 Å². The Morgan fingerprint density at radius 2 is 1.52 bits per heavy atom. The number of amides is 1. The molecule has 0 bridgehead atoms. The highest BCUT2D eigenvalue weighted by Gasteiger charge is 2.19. The highest BCUT2D eigenvalue weighted by molar-refractivity contribution is 5.80. The van der Waals surface area contributed by atoms with E-state index < -0.39 is 0 Å². The van der Waals surface area contributed by atoms with Gasteiger partial charge in [0.1, 0.15) is 0 Å². The lowest BCUT2D eigenvalue weighted by Crippen LogP contribution is -2.30. The Hall–Kier alpha value is -2.88. The lowest BCUT2D eigenvalue weighted by Gasteiger charge is -2.20. The summed E-state index contributed by atoms with van der Waals surface area (Å²) in [5.41, 5.74) is 5.08. The number of nitrogens with zero attached hydrogens (tertiary/aromatic N) is 2. The Labute approximate surface area is 148 Å². The van der Waals surface area contributed by atoms with Crippen LogP contribution in [0.4, 0.5) is 0 Å². The molecule has 0 atom stereocenters. The van der Waals surface area contributed by atoms with E-state index in [0.717, 1.165) is 28.1 Å². The molecule has 0 fully saturated rings. The van der Waals surface area contributed by atoms with Gasteiger partial charge >= 0.3 is 0 Å². The Balaban J connectivity index is 1.84. The van der Waals surface area contributed by atoms with Gasteiger partial charge in [-0.2, -0.15) is 5.10 Å². The van der Waals surface area contributed by atoms with Crippen molar-refractivity contribution >= 4 is 5.91 Å². The lowest BCUT2D eigenvalue weighted by atomic mass is 9.98. The van der Waals surface area contributed by atoms with E-state index in [1.54, 1.807) is 0 Å². The average molecular weight is 333 g/mol. The fourth-order valence-electron chi connectivity index (χ4n) is 3.10. The highest BCUT2D eigenvalue weighted by atomic mass is 16.1. The smallest absolute Gasteiger partial charge is 0.225 e. The molecule has 2 aromatic carbocycles. The molecule has 3 aromatic rings. The molecule has 0 aliphatic rings. The first kappa shape index (κ1) is 17.0. The highest BCUT2D eigenvalue weighted by Crippen LogP contribution is 2.22. The topological polar surface area (TPSA) is 46.9 Å². The van der Waals surface area contributed by atoms with Crippen LogP contribution in [-0.2, 0) is 18.3 Å². The molecule has 1 amide bonds. The van der Waals surface area contributed by atoms with Crippen LogP contribution in [-0.4, -0.2) is 15.7 Å². The number of nitrogens with one attached hydrogen (secondary N) is 1. The maximum atomic E-state index is 12.7. The van der Waals surface area contributed by atoms with E-state index >= 15 is 0 Å². The summed E-state index contributed by atoms with van der Waals surface area (Å²) < 4.78 is 1.82. The summed E-state index contributed by atoms with van der Waals surface area (Å²) in [6.07, 6.45) is 0.335. The molecule has 0 radical (unpaired) electrons. The van der Waals surface area contributed by atoms with Crippen LogP contribution in [0.5, 0.6) is 0 Å². The molecular formula is C21H23N3O. The molecular weight excluding hydrogens is 310 g/mol. The number of aromatic nitrogens is 2. The number of carbonyl (C=O) groups is 1. The van der Waals surface area contributed by atoms with Gasteiger partial charge in [0.05, 0.1) is 18.2 Å². The number of hydrogen-bond donors (Lipinski definition) is 1. The van der Waals surface area contributed by atoms with E-state index in [9.17, 15) is 4.79 Å². The molecule has 1 aromatic heterocycles. The van der Waals surface area contributed by atoms with E-state index in [0.29, 0.717) is 6.42 Å². The number of carbonyl (C=O) groups excluding carboxylic acids is 1. The van der Waals surface area contributed by atoms with Gasteiger partial charge in [-0.1, -0.05) is 60.7 Å². The van der Waals surface area contributed by atoms with Gasteiger partial charge in [0.15, 0.2) is 0 Å². The van der Waals surface area contributed by atoms with Crippen LogP contribution in [0.3, 0.4) is 0 Å². The predicted octanol–water partition coefficient (Wildman–Crippen LogP) is 3.49. The number of benzene rings is 2. The zero-order valence-electron chi connectivity index (χ0n) is 14.9. The first-order valence-corrected chi connectivity index (χ1v) is 8.44. The van der Waals surface area contributed by atoms with E-state index in [2.05, 4.69) is 10.4 Å². The minimum atomic E-state index is -0.160. The van der Waals surface area contributed by atoms with E-state index in [4.69, 9.17) is 0 Å². The fourth-order valence-corrected chi connectivity index (χ4v) is 3.10. The van der Waals surface area contributed by atoms with Gasteiger partial charge in [0, 0.05) is 18.3 Å². The van der Waals surface area contributed by atoms with Crippen molar-refractivity contribution in [3.05, 3.63) is 88.7 Å². The molecule has 0 saturated heterocycles. The van der Waals surface area contributed by atoms with Gasteiger partial charge in [0.2, 0.25) is 5.91 Å². The fraction of sp³-hybridized carbons (Fsp3) is 0.238. The summed E-state index contributed by atoms with van der Waals surface area (Å²) in [5, 5.41) is 7.58. The average Bonchev–Trinajstić information content (AvgIpc) is 2.87. The van der Waals surface area contributed by atoms with Crippen LogP contribution >= 0.6 is 0 Å². The molecule has 0 saturated carbocycles. The van der Waals surface area contributed by atoms with Crippen molar-refractivity contribution in [1.29, 1.82) is 0 Å². The van der Waals surface area contributed by atoms with Crippen LogP contribution in [0, 0.1) is 13.8 Å².